The zero-order chi connectivity index (χ0) is 17.8. The molecule has 6 nitrogen and oxygen atoms in total. The summed E-state index contributed by atoms with van der Waals surface area (Å²) in [6, 6.07) is 8.09. The summed E-state index contributed by atoms with van der Waals surface area (Å²) in [6.07, 6.45) is 3.83. The molecule has 0 spiro atoms. The van der Waals surface area contributed by atoms with Gasteiger partial charge in [0, 0.05) is 36.9 Å². The second kappa shape index (κ2) is 7.97. The predicted octanol–water partition coefficient (Wildman–Crippen LogP) is 1.78. The molecule has 2 aliphatic heterocycles. The summed E-state index contributed by atoms with van der Waals surface area (Å²) < 4.78 is 0. The summed E-state index contributed by atoms with van der Waals surface area (Å²) in [5.74, 6) is 0.163. The topological polar surface area (TPSA) is 55.9 Å². The third-order valence-corrected chi connectivity index (χ3v) is 5.09. The monoisotopic (exact) mass is 344 g/mol. The molecule has 1 aromatic rings. The number of rotatable bonds is 5. The molecule has 0 bridgehead atoms. The van der Waals surface area contributed by atoms with Gasteiger partial charge in [-0.05, 0) is 58.1 Å². The van der Waals surface area contributed by atoms with Gasteiger partial charge in [0.1, 0.15) is 0 Å². The number of likely N-dealkylation sites (N-methyl/N-ethyl adjacent to an activating group) is 1. The molecule has 2 heterocycles. The van der Waals surface area contributed by atoms with Crippen molar-refractivity contribution in [1.29, 1.82) is 0 Å². The highest BCUT2D eigenvalue weighted by molar-refractivity contribution is 5.97. The number of anilines is 2. The van der Waals surface area contributed by atoms with Gasteiger partial charge in [0.15, 0.2) is 0 Å². The molecule has 1 atom stereocenters. The average molecular weight is 344 g/mol. The number of carbonyl (C=O) groups excluding carboxylic acids is 2. The Hall–Kier alpha value is -1.92. The molecule has 6 heteroatoms. The van der Waals surface area contributed by atoms with E-state index < -0.39 is 0 Å². The Morgan fingerprint density at radius 1 is 1.28 bits per heavy atom. The van der Waals surface area contributed by atoms with E-state index in [4.69, 9.17) is 0 Å². The maximum Gasteiger partial charge on any atom is 0.238 e. The van der Waals surface area contributed by atoms with Crippen LogP contribution in [0.1, 0.15) is 25.7 Å². The van der Waals surface area contributed by atoms with Gasteiger partial charge in [0.05, 0.1) is 6.54 Å². The van der Waals surface area contributed by atoms with E-state index in [0.717, 1.165) is 43.9 Å². The number of likely N-dealkylation sites (tertiary alicyclic amines) is 1. The summed E-state index contributed by atoms with van der Waals surface area (Å²) in [5, 5.41) is 2.98. The minimum absolute atomic E-state index is 0.00399. The second-order valence-corrected chi connectivity index (χ2v) is 7.24. The van der Waals surface area contributed by atoms with Crippen LogP contribution in [0.2, 0.25) is 0 Å². The van der Waals surface area contributed by atoms with E-state index in [2.05, 4.69) is 29.2 Å². The number of nitrogens with zero attached hydrogens (tertiary/aromatic N) is 3. The smallest absolute Gasteiger partial charge is 0.238 e. The third-order valence-electron chi connectivity index (χ3n) is 5.09. The van der Waals surface area contributed by atoms with Crippen LogP contribution >= 0.6 is 0 Å². The molecule has 3 rings (SSSR count). The van der Waals surface area contributed by atoms with Crippen LogP contribution in [-0.4, -0.2) is 67.9 Å². The summed E-state index contributed by atoms with van der Waals surface area (Å²) in [4.78, 5) is 30.5. The zero-order valence-corrected chi connectivity index (χ0v) is 15.2. The number of nitrogens with one attached hydrogen (secondary N) is 1. The van der Waals surface area contributed by atoms with Crippen LogP contribution in [0.15, 0.2) is 24.3 Å². The van der Waals surface area contributed by atoms with Crippen molar-refractivity contribution < 1.29 is 9.59 Å². The Kier molecular flexibility index (Phi) is 5.71. The summed E-state index contributed by atoms with van der Waals surface area (Å²) >= 11 is 0. The minimum Gasteiger partial charge on any atom is -0.325 e. The van der Waals surface area contributed by atoms with E-state index in [9.17, 15) is 9.59 Å². The van der Waals surface area contributed by atoms with Crippen molar-refractivity contribution in [3.05, 3.63) is 24.3 Å². The third kappa shape index (κ3) is 4.58. The summed E-state index contributed by atoms with van der Waals surface area (Å²) in [6.45, 7) is 3.08. The lowest BCUT2D eigenvalue weighted by molar-refractivity contribution is -0.118. The Balaban J connectivity index is 1.57. The molecular weight excluding hydrogens is 316 g/mol. The van der Waals surface area contributed by atoms with Crippen molar-refractivity contribution >= 4 is 23.2 Å². The summed E-state index contributed by atoms with van der Waals surface area (Å²) in [5.41, 5.74) is 1.62. The lowest BCUT2D eigenvalue weighted by atomic mass is 10.1. The van der Waals surface area contributed by atoms with Gasteiger partial charge in [0.25, 0.3) is 0 Å². The van der Waals surface area contributed by atoms with Crippen molar-refractivity contribution in [3.8, 4) is 0 Å². The molecule has 1 aromatic carbocycles. The Morgan fingerprint density at radius 3 is 2.84 bits per heavy atom. The van der Waals surface area contributed by atoms with Gasteiger partial charge in [-0.15, -0.1) is 0 Å². The highest BCUT2D eigenvalue weighted by Crippen LogP contribution is 2.24. The fourth-order valence-electron chi connectivity index (χ4n) is 3.67. The first kappa shape index (κ1) is 17.9. The van der Waals surface area contributed by atoms with Crippen molar-refractivity contribution in [2.45, 2.75) is 31.7 Å². The van der Waals surface area contributed by atoms with Crippen LogP contribution in [0.25, 0.3) is 0 Å². The molecule has 0 aliphatic carbocycles. The number of hydrogen-bond acceptors (Lipinski definition) is 4. The first-order valence-electron chi connectivity index (χ1n) is 9.12. The van der Waals surface area contributed by atoms with Gasteiger partial charge in [-0.2, -0.15) is 0 Å². The van der Waals surface area contributed by atoms with Gasteiger partial charge in [-0.3, -0.25) is 14.5 Å². The van der Waals surface area contributed by atoms with Crippen molar-refractivity contribution in [3.63, 3.8) is 0 Å². The molecule has 0 unspecified atom stereocenters. The maximum absolute atomic E-state index is 12.4. The Bertz CT molecular complexity index is 632. The van der Waals surface area contributed by atoms with E-state index in [1.807, 2.05) is 24.3 Å². The lowest BCUT2D eigenvalue weighted by Gasteiger charge is -2.35. The van der Waals surface area contributed by atoms with Gasteiger partial charge in [-0.25, -0.2) is 0 Å². The van der Waals surface area contributed by atoms with E-state index in [0.29, 0.717) is 19.0 Å². The molecule has 0 saturated carbocycles. The normalized spacial score (nSPS) is 21.8. The van der Waals surface area contributed by atoms with Crippen LogP contribution in [0.3, 0.4) is 0 Å². The first-order chi connectivity index (χ1) is 12.0. The highest BCUT2D eigenvalue weighted by atomic mass is 16.2. The molecule has 0 radical (unpaired) electrons. The number of piperidine rings is 1. The minimum atomic E-state index is 0.00399. The van der Waals surface area contributed by atoms with Crippen LogP contribution in [-0.2, 0) is 9.59 Å². The Labute approximate surface area is 149 Å². The van der Waals surface area contributed by atoms with Crippen LogP contribution in [0, 0.1) is 0 Å². The van der Waals surface area contributed by atoms with Crippen molar-refractivity contribution in [1.82, 2.24) is 9.80 Å². The van der Waals surface area contributed by atoms with E-state index in [-0.39, 0.29) is 11.8 Å². The van der Waals surface area contributed by atoms with Crippen LogP contribution in [0.5, 0.6) is 0 Å². The molecule has 25 heavy (non-hydrogen) atoms. The van der Waals surface area contributed by atoms with Crippen LogP contribution in [0.4, 0.5) is 11.4 Å². The second-order valence-electron chi connectivity index (χ2n) is 7.24. The molecule has 136 valence electrons. The first-order valence-corrected chi connectivity index (χ1v) is 9.12. The quantitative estimate of drug-likeness (QED) is 0.885. The van der Waals surface area contributed by atoms with Gasteiger partial charge in [-0.1, -0.05) is 6.07 Å². The van der Waals surface area contributed by atoms with Gasteiger partial charge < -0.3 is 15.1 Å². The fourth-order valence-corrected chi connectivity index (χ4v) is 3.67. The lowest BCUT2D eigenvalue weighted by Crippen LogP contribution is -2.47. The largest absolute Gasteiger partial charge is 0.325 e. The van der Waals surface area contributed by atoms with Crippen molar-refractivity contribution in [2.75, 3.05) is 50.5 Å². The van der Waals surface area contributed by atoms with E-state index in [1.54, 1.807) is 4.90 Å². The SMILES string of the molecule is CN(C)[C@H]1CCCN(CC(=O)Nc2cccc(N3CCCC3=O)c2)C1. The molecule has 2 aliphatic rings. The maximum atomic E-state index is 12.4. The predicted molar refractivity (Wildman–Crippen MR) is 99.8 cm³/mol. The number of benzene rings is 1. The van der Waals surface area contributed by atoms with E-state index in [1.165, 1.54) is 6.42 Å². The number of amides is 2. The number of hydrogen-bond donors (Lipinski definition) is 1. The molecular formula is C19H28N4O2. The van der Waals surface area contributed by atoms with Crippen LogP contribution < -0.4 is 10.2 Å². The van der Waals surface area contributed by atoms with E-state index >= 15 is 0 Å². The average Bonchev–Trinajstić information content (AvgIpc) is 3.01. The van der Waals surface area contributed by atoms with Gasteiger partial charge >= 0.3 is 0 Å². The highest BCUT2D eigenvalue weighted by Gasteiger charge is 2.24. The molecule has 2 fully saturated rings. The number of carbonyl (C=O) groups is 2. The molecule has 0 aromatic heterocycles. The standard InChI is InChI=1S/C19H28N4O2/c1-21(2)17-8-4-10-22(13-17)14-18(24)20-15-6-3-7-16(12-15)23-11-5-9-19(23)25/h3,6-7,12,17H,4-5,8-11,13-14H2,1-2H3,(H,20,24)/t17-/m0/s1. The molecule has 2 amide bonds. The Morgan fingerprint density at radius 2 is 2.12 bits per heavy atom. The van der Waals surface area contributed by atoms with Crippen molar-refractivity contribution in [2.24, 2.45) is 0 Å². The molecule has 1 N–H and O–H groups in total. The van der Waals surface area contributed by atoms with Gasteiger partial charge in [0.2, 0.25) is 11.8 Å². The fraction of sp³-hybridized carbons (Fsp3) is 0.579. The molecule has 2 saturated heterocycles. The zero-order valence-electron chi connectivity index (χ0n) is 15.2. The summed E-state index contributed by atoms with van der Waals surface area (Å²) in [7, 11) is 4.19.